The number of nitrogens with one attached hydrogen (secondary N) is 1. The quantitative estimate of drug-likeness (QED) is 0.488. The van der Waals surface area contributed by atoms with Crippen LogP contribution in [0.4, 0.5) is 26.3 Å². The minimum absolute atomic E-state index is 0.642. The number of cyclic esters (lactones) is 1. The molecule has 1 fully saturated rings. The molecule has 1 saturated heterocycles. The maximum Gasteiger partial charge on any atom is 0.452 e. The summed E-state index contributed by atoms with van der Waals surface area (Å²) in [7, 11) is 0. The maximum atomic E-state index is 12.5. The first-order valence-corrected chi connectivity index (χ1v) is 5.19. The van der Waals surface area contributed by atoms with Gasteiger partial charge in [0, 0.05) is 6.42 Å². The standard InChI is InChI=1S/C8H6ClF6NO3/c9-2-3(17)1-4-5(18)19-6(16-4,7(10,11)12)8(13,14)15/h4,16H,1-2H2/t4-/m0/s1. The molecule has 11 heteroatoms. The van der Waals surface area contributed by atoms with E-state index in [0.717, 1.165) is 5.32 Å². The summed E-state index contributed by atoms with van der Waals surface area (Å²) >= 11 is 5.06. The second kappa shape index (κ2) is 4.82. The molecule has 1 heterocycles. The predicted octanol–water partition coefficient (Wildman–Crippen LogP) is 1.52. The van der Waals surface area contributed by atoms with Gasteiger partial charge in [0.15, 0.2) is 0 Å². The molecule has 1 aliphatic rings. The highest BCUT2D eigenvalue weighted by molar-refractivity contribution is 6.27. The van der Waals surface area contributed by atoms with Crippen LogP contribution in [0.3, 0.4) is 0 Å². The van der Waals surface area contributed by atoms with Crippen molar-refractivity contribution in [1.29, 1.82) is 0 Å². The van der Waals surface area contributed by atoms with Gasteiger partial charge in [0.05, 0.1) is 5.88 Å². The topological polar surface area (TPSA) is 55.4 Å². The number of hydrogen-bond donors (Lipinski definition) is 1. The van der Waals surface area contributed by atoms with Crippen molar-refractivity contribution in [3.05, 3.63) is 0 Å². The van der Waals surface area contributed by atoms with Crippen LogP contribution in [-0.2, 0) is 14.3 Å². The number of rotatable bonds is 3. The number of carbonyl (C=O) groups is 2. The van der Waals surface area contributed by atoms with Crippen LogP contribution < -0.4 is 5.32 Å². The molecule has 4 nitrogen and oxygen atoms in total. The van der Waals surface area contributed by atoms with Crippen molar-refractivity contribution in [2.45, 2.75) is 30.5 Å². The van der Waals surface area contributed by atoms with Crippen LogP contribution in [0.1, 0.15) is 6.42 Å². The van der Waals surface area contributed by atoms with E-state index < -0.39 is 48.2 Å². The van der Waals surface area contributed by atoms with Crippen LogP contribution >= 0.6 is 11.6 Å². The summed E-state index contributed by atoms with van der Waals surface area (Å²) in [5.41, 5.74) is -4.80. The number of hydrogen-bond acceptors (Lipinski definition) is 4. The number of alkyl halides is 7. The number of ether oxygens (including phenoxy) is 1. The lowest BCUT2D eigenvalue weighted by Crippen LogP contribution is -2.65. The Labute approximate surface area is 107 Å². The van der Waals surface area contributed by atoms with Gasteiger partial charge in [0.2, 0.25) is 0 Å². The van der Waals surface area contributed by atoms with Gasteiger partial charge >= 0.3 is 24.0 Å². The van der Waals surface area contributed by atoms with Gasteiger partial charge in [-0.15, -0.1) is 11.6 Å². The van der Waals surface area contributed by atoms with Gasteiger partial charge in [-0.2, -0.15) is 26.3 Å². The zero-order valence-electron chi connectivity index (χ0n) is 8.86. The van der Waals surface area contributed by atoms with E-state index in [1.54, 1.807) is 0 Å². The SMILES string of the molecule is O=C(CCl)C[C@@H]1NC(C(F)(F)F)(C(F)(F)F)OC1=O. The largest absolute Gasteiger partial charge is 0.452 e. The Kier molecular flexibility index (Phi) is 4.06. The van der Waals surface area contributed by atoms with E-state index >= 15 is 0 Å². The Bertz CT molecular complexity index is 379. The Balaban J connectivity index is 3.07. The lowest BCUT2D eigenvalue weighted by molar-refractivity contribution is -0.369. The Morgan fingerprint density at radius 2 is 1.74 bits per heavy atom. The average molecular weight is 314 g/mol. The molecule has 19 heavy (non-hydrogen) atoms. The lowest BCUT2D eigenvalue weighted by Gasteiger charge is -2.31. The van der Waals surface area contributed by atoms with E-state index in [-0.39, 0.29) is 0 Å². The number of ketones is 1. The van der Waals surface area contributed by atoms with Gasteiger partial charge in [0.25, 0.3) is 0 Å². The maximum absolute atomic E-state index is 12.5. The van der Waals surface area contributed by atoms with Crippen LogP contribution in [0, 0.1) is 0 Å². The number of esters is 1. The molecule has 110 valence electrons. The normalized spacial score (nSPS) is 23.3. The summed E-state index contributed by atoms with van der Waals surface area (Å²) in [4.78, 5) is 21.9. The third-order valence-electron chi connectivity index (χ3n) is 2.29. The molecule has 1 atom stereocenters. The molecule has 0 unspecified atom stereocenters. The first-order valence-electron chi connectivity index (χ1n) is 4.66. The summed E-state index contributed by atoms with van der Waals surface area (Å²) in [5.74, 6) is -3.35. The van der Waals surface area contributed by atoms with E-state index in [0.29, 0.717) is 0 Å². The van der Waals surface area contributed by atoms with E-state index in [9.17, 15) is 35.9 Å². The highest BCUT2D eigenvalue weighted by Crippen LogP contribution is 2.46. The van der Waals surface area contributed by atoms with Crippen LogP contribution in [0.2, 0.25) is 0 Å². The van der Waals surface area contributed by atoms with E-state index in [4.69, 9.17) is 11.6 Å². The third kappa shape index (κ3) is 2.78. The van der Waals surface area contributed by atoms with Gasteiger partial charge in [-0.3, -0.25) is 14.9 Å². The first-order chi connectivity index (χ1) is 8.44. The summed E-state index contributed by atoms with van der Waals surface area (Å²) < 4.78 is 78.5. The van der Waals surface area contributed by atoms with E-state index in [1.807, 2.05) is 0 Å². The molecule has 0 radical (unpaired) electrons. The van der Waals surface area contributed by atoms with Crippen LogP contribution in [-0.4, -0.2) is 41.8 Å². The molecular weight excluding hydrogens is 308 g/mol. The van der Waals surface area contributed by atoms with Crippen molar-refractivity contribution in [1.82, 2.24) is 5.32 Å². The van der Waals surface area contributed by atoms with Gasteiger partial charge in [-0.25, -0.2) is 0 Å². The number of halogens is 7. The smallest absolute Gasteiger partial charge is 0.424 e. The molecule has 1 rings (SSSR count). The van der Waals surface area contributed by atoms with Crippen molar-refractivity contribution >= 4 is 23.4 Å². The van der Waals surface area contributed by atoms with E-state index in [1.165, 1.54) is 0 Å². The fourth-order valence-electron chi connectivity index (χ4n) is 1.41. The predicted molar refractivity (Wildman–Crippen MR) is 48.2 cm³/mol. The minimum atomic E-state index is -5.92. The third-order valence-corrected chi connectivity index (χ3v) is 2.59. The lowest BCUT2D eigenvalue weighted by atomic mass is 10.1. The van der Waals surface area contributed by atoms with Crippen molar-refractivity contribution in [3.8, 4) is 0 Å². The second-order valence-corrected chi connectivity index (χ2v) is 3.94. The molecule has 1 aliphatic heterocycles. The van der Waals surface area contributed by atoms with Gasteiger partial charge in [-0.05, 0) is 0 Å². The Morgan fingerprint density at radius 1 is 1.26 bits per heavy atom. The summed E-state index contributed by atoms with van der Waals surface area (Å²) in [5, 5.41) is 0.998. The second-order valence-electron chi connectivity index (χ2n) is 3.67. The molecule has 0 bridgehead atoms. The van der Waals surface area contributed by atoms with Crippen LogP contribution in [0.25, 0.3) is 0 Å². The summed E-state index contributed by atoms with van der Waals surface area (Å²) in [6, 6.07) is -2.05. The first kappa shape index (κ1) is 16.0. The van der Waals surface area contributed by atoms with Crippen molar-refractivity contribution in [2.75, 3.05) is 5.88 Å². The zero-order valence-corrected chi connectivity index (χ0v) is 9.62. The molecule has 0 amide bonds. The fraction of sp³-hybridized carbons (Fsp3) is 0.750. The highest BCUT2D eigenvalue weighted by Gasteiger charge is 2.78. The molecule has 0 saturated carbocycles. The fourth-order valence-corrected chi connectivity index (χ4v) is 1.52. The molecule has 0 aliphatic carbocycles. The van der Waals surface area contributed by atoms with E-state index in [2.05, 4.69) is 4.74 Å². The zero-order chi connectivity index (χ0) is 15.1. The van der Waals surface area contributed by atoms with Gasteiger partial charge < -0.3 is 4.74 Å². The van der Waals surface area contributed by atoms with Crippen molar-refractivity contribution in [2.24, 2.45) is 0 Å². The average Bonchev–Trinajstić information content (AvgIpc) is 2.56. The van der Waals surface area contributed by atoms with Gasteiger partial charge in [-0.1, -0.05) is 0 Å². The molecule has 1 N–H and O–H groups in total. The number of carbonyl (C=O) groups excluding carboxylic acids is 2. The molecule has 0 aromatic heterocycles. The van der Waals surface area contributed by atoms with Crippen LogP contribution in [0.5, 0.6) is 0 Å². The monoisotopic (exact) mass is 313 g/mol. The summed E-state index contributed by atoms with van der Waals surface area (Å²) in [6.45, 7) is 0. The molecule has 0 spiro atoms. The molecular formula is C8H6ClF6NO3. The van der Waals surface area contributed by atoms with Crippen molar-refractivity contribution < 1.29 is 40.7 Å². The molecule has 0 aromatic carbocycles. The number of Topliss-reactive ketones (excluding diaryl/α,β-unsaturated/α-hetero) is 1. The summed E-state index contributed by atoms with van der Waals surface area (Å²) in [6.07, 6.45) is -12.8. The van der Waals surface area contributed by atoms with Gasteiger partial charge in [0.1, 0.15) is 11.8 Å². The molecule has 0 aromatic rings. The van der Waals surface area contributed by atoms with Crippen molar-refractivity contribution in [3.63, 3.8) is 0 Å². The minimum Gasteiger partial charge on any atom is -0.424 e. The highest BCUT2D eigenvalue weighted by atomic mass is 35.5. The Morgan fingerprint density at radius 3 is 2.05 bits per heavy atom. The Hall–Kier alpha value is -1.03. The van der Waals surface area contributed by atoms with Crippen LogP contribution in [0.15, 0.2) is 0 Å².